The number of methoxy groups -OCH3 is 1. The molecule has 0 N–H and O–H groups in total. The quantitative estimate of drug-likeness (QED) is 0.659. The van der Waals surface area contributed by atoms with Gasteiger partial charge in [-0.2, -0.15) is 0 Å². The molecule has 0 fully saturated rings. The van der Waals surface area contributed by atoms with Crippen LogP contribution in [-0.2, 0) is 17.8 Å². The number of ether oxygens (including phenoxy) is 1. The number of pyridine rings is 2. The number of carbonyl (C=O) groups is 1. The lowest BCUT2D eigenvalue weighted by molar-refractivity contribution is 0.0599. The predicted molar refractivity (Wildman–Crippen MR) is 97.4 cm³/mol. The van der Waals surface area contributed by atoms with Crippen molar-refractivity contribution in [2.45, 2.75) is 13.1 Å². The molecule has 0 spiro atoms. The van der Waals surface area contributed by atoms with Crippen molar-refractivity contribution < 1.29 is 9.53 Å². The van der Waals surface area contributed by atoms with E-state index in [9.17, 15) is 14.4 Å². The zero-order valence-corrected chi connectivity index (χ0v) is 14.3. The summed E-state index contributed by atoms with van der Waals surface area (Å²) in [7, 11) is 1.30. The van der Waals surface area contributed by atoms with Crippen LogP contribution < -0.4 is 11.1 Å². The first-order valence-corrected chi connectivity index (χ1v) is 8.09. The molecule has 0 aliphatic rings. The molecule has 0 radical (unpaired) electrons. The highest BCUT2D eigenvalue weighted by atomic mass is 16.5. The molecule has 0 bridgehead atoms. The number of hydrogen-bond donors (Lipinski definition) is 0. The predicted octanol–water partition coefficient (Wildman–Crippen LogP) is 1.89. The monoisotopic (exact) mass is 350 g/mol. The van der Waals surface area contributed by atoms with Crippen LogP contribution in [0.3, 0.4) is 0 Å². The Kier molecular flexibility index (Phi) is 5.12. The Morgan fingerprint density at radius 1 is 0.846 bits per heavy atom. The van der Waals surface area contributed by atoms with Gasteiger partial charge >= 0.3 is 5.97 Å². The fraction of sp³-hybridized carbons (Fsp3) is 0.150. The number of hydrogen-bond acceptors (Lipinski definition) is 4. The summed E-state index contributed by atoms with van der Waals surface area (Å²) in [6.45, 7) is 0.826. The second-order valence-corrected chi connectivity index (χ2v) is 5.86. The largest absolute Gasteiger partial charge is 0.465 e. The summed E-state index contributed by atoms with van der Waals surface area (Å²) in [4.78, 5) is 35.4. The van der Waals surface area contributed by atoms with Gasteiger partial charge in [0.1, 0.15) is 0 Å². The number of benzene rings is 1. The Labute approximate surface area is 149 Å². The summed E-state index contributed by atoms with van der Waals surface area (Å²) in [6.07, 6.45) is 3.24. The maximum absolute atomic E-state index is 12.0. The van der Waals surface area contributed by atoms with Gasteiger partial charge in [-0.15, -0.1) is 0 Å². The molecular weight excluding hydrogens is 332 g/mol. The maximum atomic E-state index is 12.0. The first-order valence-electron chi connectivity index (χ1n) is 8.09. The molecule has 26 heavy (non-hydrogen) atoms. The highest BCUT2D eigenvalue weighted by molar-refractivity contribution is 5.88. The van der Waals surface area contributed by atoms with Crippen LogP contribution in [0.15, 0.2) is 76.6 Å². The van der Waals surface area contributed by atoms with Crippen LogP contribution in [0.4, 0.5) is 0 Å². The number of nitrogens with zero attached hydrogens (tertiary/aromatic N) is 2. The molecule has 2 aromatic heterocycles. The van der Waals surface area contributed by atoms with Gasteiger partial charge in [-0.3, -0.25) is 9.59 Å². The summed E-state index contributed by atoms with van der Waals surface area (Å²) in [6, 6.07) is 15.5. The van der Waals surface area contributed by atoms with E-state index in [0.29, 0.717) is 18.7 Å². The second-order valence-electron chi connectivity index (χ2n) is 5.86. The van der Waals surface area contributed by atoms with Crippen molar-refractivity contribution in [3.05, 3.63) is 104 Å². The third kappa shape index (κ3) is 3.97. The van der Waals surface area contributed by atoms with Gasteiger partial charge in [0.15, 0.2) is 0 Å². The number of carbonyl (C=O) groups excluding carboxylic acids is 1. The van der Waals surface area contributed by atoms with Crippen LogP contribution in [0.1, 0.15) is 21.5 Å². The second kappa shape index (κ2) is 7.65. The summed E-state index contributed by atoms with van der Waals surface area (Å²) in [5, 5.41) is 0. The van der Waals surface area contributed by atoms with E-state index in [1.54, 1.807) is 16.8 Å². The minimum atomic E-state index is -0.484. The van der Waals surface area contributed by atoms with E-state index in [1.165, 1.54) is 36.1 Å². The molecule has 0 aliphatic heterocycles. The molecule has 3 aromatic rings. The van der Waals surface area contributed by atoms with Gasteiger partial charge in [-0.25, -0.2) is 4.79 Å². The van der Waals surface area contributed by atoms with Crippen LogP contribution in [0.25, 0.3) is 0 Å². The molecule has 0 saturated carbocycles. The van der Waals surface area contributed by atoms with Crippen LogP contribution in [0, 0.1) is 0 Å². The first kappa shape index (κ1) is 17.4. The lowest BCUT2D eigenvalue weighted by Crippen LogP contribution is -2.21. The molecule has 3 rings (SSSR count). The number of rotatable bonds is 5. The van der Waals surface area contributed by atoms with Crippen LogP contribution in [0.2, 0.25) is 0 Å². The van der Waals surface area contributed by atoms with E-state index in [1.807, 2.05) is 30.3 Å². The highest BCUT2D eigenvalue weighted by Gasteiger charge is 2.08. The molecule has 132 valence electrons. The standard InChI is InChI=1S/C20H18N2O4/c1-26-20(25)17-9-10-19(24)22(14-17)13-16-7-5-15(6-8-16)12-21-11-3-2-4-18(21)23/h2-11,14H,12-13H2,1H3. The van der Waals surface area contributed by atoms with Crippen molar-refractivity contribution in [3.8, 4) is 0 Å². The molecule has 2 heterocycles. The average Bonchev–Trinajstić information content (AvgIpc) is 2.66. The van der Waals surface area contributed by atoms with E-state index in [2.05, 4.69) is 4.74 Å². The van der Waals surface area contributed by atoms with Crippen LogP contribution >= 0.6 is 0 Å². The zero-order valence-electron chi connectivity index (χ0n) is 14.3. The SMILES string of the molecule is COC(=O)c1ccc(=O)n(Cc2ccc(Cn3ccccc3=O)cc2)c1. The van der Waals surface area contributed by atoms with Crippen molar-refractivity contribution in [1.82, 2.24) is 9.13 Å². The minimum Gasteiger partial charge on any atom is -0.465 e. The van der Waals surface area contributed by atoms with E-state index in [0.717, 1.165) is 11.1 Å². The molecule has 0 amide bonds. The van der Waals surface area contributed by atoms with Crippen molar-refractivity contribution in [1.29, 1.82) is 0 Å². The Morgan fingerprint density at radius 3 is 2.08 bits per heavy atom. The van der Waals surface area contributed by atoms with Gasteiger partial charge in [0.2, 0.25) is 0 Å². The summed E-state index contributed by atoms with van der Waals surface area (Å²) in [5.74, 6) is -0.484. The maximum Gasteiger partial charge on any atom is 0.339 e. The van der Waals surface area contributed by atoms with Crippen molar-refractivity contribution in [3.63, 3.8) is 0 Å². The zero-order chi connectivity index (χ0) is 18.5. The van der Waals surface area contributed by atoms with Gasteiger partial charge in [-0.05, 0) is 23.3 Å². The fourth-order valence-electron chi connectivity index (χ4n) is 2.63. The molecule has 1 aromatic carbocycles. The number of esters is 1. The minimum absolute atomic E-state index is 0.0530. The lowest BCUT2D eigenvalue weighted by Gasteiger charge is -2.09. The molecular formula is C20H18N2O4. The smallest absolute Gasteiger partial charge is 0.339 e. The summed E-state index contributed by atoms with van der Waals surface area (Å²) in [5.41, 5.74) is 1.98. The normalized spacial score (nSPS) is 10.5. The van der Waals surface area contributed by atoms with Gasteiger partial charge < -0.3 is 13.9 Å². The van der Waals surface area contributed by atoms with Gasteiger partial charge in [-0.1, -0.05) is 30.3 Å². The van der Waals surface area contributed by atoms with Crippen molar-refractivity contribution >= 4 is 5.97 Å². The topological polar surface area (TPSA) is 70.3 Å². The molecule has 6 heteroatoms. The van der Waals surface area contributed by atoms with Crippen LogP contribution in [0.5, 0.6) is 0 Å². The summed E-state index contributed by atoms with van der Waals surface area (Å²) >= 11 is 0. The fourth-order valence-corrected chi connectivity index (χ4v) is 2.63. The first-order chi connectivity index (χ1) is 12.6. The van der Waals surface area contributed by atoms with Crippen molar-refractivity contribution in [2.75, 3.05) is 7.11 Å². The van der Waals surface area contributed by atoms with Gasteiger partial charge in [0.25, 0.3) is 11.1 Å². The molecule has 0 aliphatic carbocycles. The van der Waals surface area contributed by atoms with Crippen molar-refractivity contribution in [2.24, 2.45) is 0 Å². The van der Waals surface area contributed by atoms with Gasteiger partial charge in [0.05, 0.1) is 25.8 Å². The average molecular weight is 350 g/mol. The molecule has 6 nitrogen and oxygen atoms in total. The summed E-state index contributed by atoms with van der Waals surface area (Å²) < 4.78 is 7.77. The lowest BCUT2D eigenvalue weighted by atomic mass is 10.1. The molecule has 0 saturated heterocycles. The third-order valence-electron chi connectivity index (χ3n) is 4.03. The third-order valence-corrected chi connectivity index (χ3v) is 4.03. The molecule has 0 atom stereocenters. The van der Waals surface area contributed by atoms with E-state index >= 15 is 0 Å². The molecule has 0 unspecified atom stereocenters. The Balaban J connectivity index is 1.78. The van der Waals surface area contributed by atoms with Gasteiger partial charge in [0, 0.05) is 24.5 Å². The van der Waals surface area contributed by atoms with E-state index in [4.69, 9.17) is 0 Å². The van der Waals surface area contributed by atoms with E-state index in [-0.39, 0.29) is 11.1 Å². The Morgan fingerprint density at radius 2 is 1.46 bits per heavy atom. The highest BCUT2D eigenvalue weighted by Crippen LogP contribution is 2.08. The van der Waals surface area contributed by atoms with E-state index < -0.39 is 5.97 Å². The van der Waals surface area contributed by atoms with Crippen LogP contribution in [-0.4, -0.2) is 22.2 Å². The Bertz CT molecular complexity index is 1030. The number of aromatic nitrogens is 2. The Hall–Kier alpha value is -3.41.